The minimum absolute atomic E-state index is 0.924. The third-order valence-corrected chi connectivity index (χ3v) is 3.06. The minimum Gasteiger partial charge on any atom is -0.338 e. The monoisotopic (exact) mass is 243 g/mol. The Balaban J connectivity index is 1.80. The average molecular weight is 243 g/mol. The summed E-state index contributed by atoms with van der Waals surface area (Å²) in [5, 5.41) is 3.47. The topological polar surface area (TPSA) is 29.9 Å². The van der Waals surface area contributed by atoms with Crippen LogP contribution in [0.2, 0.25) is 0 Å². The first-order chi connectivity index (χ1) is 8.65. The molecule has 0 aliphatic carbocycles. The second-order valence-electron chi connectivity index (χ2n) is 4.88. The predicted molar refractivity (Wildman–Crippen MR) is 74.5 cm³/mol. The Morgan fingerprint density at radius 2 is 1.89 bits per heavy atom. The molecule has 1 heterocycles. The maximum atomic E-state index is 4.31. The van der Waals surface area contributed by atoms with Crippen molar-refractivity contribution in [1.82, 2.24) is 14.9 Å². The van der Waals surface area contributed by atoms with Crippen LogP contribution in [0.3, 0.4) is 0 Å². The van der Waals surface area contributed by atoms with Gasteiger partial charge in [0, 0.05) is 39.0 Å². The highest BCUT2D eigenvalue weighted by Gasteiger charge is 1.99. The molecule has 0 atom stereocenters. The Kier molecular flexibility index (Phi) is 4.15. The smallest absolute Gasteiger partial charge is 0.109 e. The van der Waals surface area contributed by atoms with Crippen LogP contribution in [0.1, 0.15) is 22.5 Å². The van der Waals surface area contributed by atoms with Crippen LogP contribution < -0.4 is 5.32 Å². The van der Waals surface area contributed by atoms with Crippen molar-refractivity contribution < 1.29 is 0 Å². The molecule has 0 aliphatic rings. The van der Waals surface area contributed by atoms with Gasteiger partial charge in [0.05, 0.1) is 0 Å². The van der Waals surface area contributed by atoms with Gasteiger partial charge in [0.2, 0.25) is 0 Å². The lowest BCUT2D eigenvalue weighted by Gasteiger charge is -2.07. The lowest BCUT2D eigenvalue weighted by molar-refractivity contribution is 0.654. The van der Waals surface area contributed by atoms with Crippen molar-refractivity contribution in [3.8, 4) is 0 Å². The number of hydrogen-bond donors (Lipinski definition) is 1. The highest BCUT2D eigenvalue weighted by molar-refractivity contribution is 5.28. The van der Waals surface area contributed by atoms with Crippen molar-refractivity contribution in [3.05, 3.63) is 53.1 Å². The maximum Gasteiger partial charge on any atom is 0.109 e. The van der Waals surface area contributed by atoms with E-state index in [1.54, 1.807) is 0 Å². The number of imidazole rings is 1. The van der Waals surface area contributed by atoms with E-state index in [0.717, 1.165) is 25.3 Å². The van der Waals surface area contributed by atoms with E-state index in [1.165, 1.54) is 16.7 Å². The molecule has 3 nitrogen and oxygen atoms in total. The molecule has 1 N–H and O–H groups in total. The maximum absolute atomic E-state index is 4.31. The Labute approximate surface area is 109 Å². The Hall–Kier alpha value is -1.61. The highest BCUT2D eigenvalue weighted by atomic mass is 15.0. The SMILES string of the molecule is Cc1cc(C)cc(CNCCc2nccn2C)c1. The Morgan fingerprint density at radius 1 is 1.17 bits per heavy atom. The van der Waals surface area contributed by atoms with Crippen LogP contribution in [-0.4, -0.2) is 16.1 Å². The first-order valence-corrected chi connectivity index (χ1v) is 6.39. The van der Waals surface area contributed by atoms with E-state index in [9.17, 15) is 0 Å². The molecular weight excluding hydrogens is 222 g/mol. The molecule has 0 unspecified atom stereocenters. The van der Waals surface area contributed by atoms with E-state index in [2.05, 4.69) is 46.9 Å². The van der Waals surface area contributed by atoms with Crippen LogP contribution in [0.5, 0.6) is 0 Å². The van der Waals surface area contributed by atoms with Crippen molar-refractivity contribution in [2.24, 2.45) is 7.05 Å². The zero-order valence-corrected chi connectivity index (χ0v) is 11.4. The first kappa shape index (κ1) is 12.8. The van der Waals surface area contributed by atoms with Gasteiger partial charge in [-0.25, -0.2) is 4.98 Å². The molecule has 0 amide bonds. The van der Waals surface area contributed by atoms with Crippen molar-refractivity contribution >= 4 is 0 Å². The standard InChI is InChI=1S/C15H21N3/c1-12-8-13(2)10-14(9-12)11-16-5-4-15-17-6-7-18(15)3/h6-10,16H,4-5,11H2,1-3H3. The Morgan fingerprint density at radius 3 is 2.50 bits per heavy atom. The number of nitrogens with one attached hydrogen (secondary N) is 1. The normalized spacial score (nSPS) is 10.8. The van der Waals surface area contributed by atoms with Crippen LogP contribution in [0.4, 0.5) is 0 Å². The molecule has 2 aromatic rings. The van der Waals surface area contributed by atoms with E-state index >= 15 is 0 Å². The van der Waals surface area contributed by atoms with E-state index in [1.807, 2.05) is 19.4 Å². The third-order valence-electron chi connectivity index (χ3n) is 3.06. The summed E-state index contributed by atoms with van der Waals surface area (Å²) in [6.07, 6.45) is 4.80. The molecule has 0 radical (unpaired) electrons. The summed E-state index contributed by atoms with van der Waals surface area (Å²) in [4.78, 5) is 4.31. The summed E-state index contributed by atoms with van der Waals surface area (Å²) in [6, 6.07) is 6.68. The van der Waals surface area contributed by atoms with Gasteiger partial charge in [-0.3, -0.25) is 0 Å². The molecule has 18 heavy (non-hydrogen) atoms. The van der Waals surface area contributed by atoms with E-state index < -0.39 is 0 Å². The summed E-state index contributed by atoms with van der Waals surface area (Å²) in [5.74, 6) is 1.13. The second kappa shape index (κ2) is 5.83. The molecule has 3 heteroatoms. The molecule has 0 aliphatic heterocycles. The molecule has 0 bridgehead atoms. The number of rotatable bonds is 5. The minimum atomic E-state index is 0.924. The fourth-order valence-corrected chi connectivity index (χ4v) is 2.24. The van der Waals surface area contributed by atoms with Gasteiger partial charge in [-0.2, -0.15) is 0 Å². The molecule has 0 spiro atoms. The molecule has 0 saturated carbocycles. The molecule has 2 rings (SSSR count). The summed E-state index contributed by atoms with van der Waals surface area (Å²) < 4.78 is 2.07. The zero-order valence-electron chi connectivity index (χ0n) is 11.4. The molecular formula is C15H21N3. The largest absolute Gasteiger partial charge is 0.338 e. The van der Waals surface area contributed by atoms with Gasteiger partial charge >= 0.3 is 0 Å². The number of nitrogens with zero attached hydrogens (tertiary/aromatic N) is 2. The van der Waals surface area contributed by atoms with Crippen LogP contribution >= 0.6 is 0 Å². The van der Waals surface area contributed by atoms with Crippen molar-refractivity contribution in [2.45, 2.75) is 26.8 Å². The van der Waals surface area contributed by atoms with Gasteiger partial charge in [-0.05, 0) is 19.4 Å². The summed E-state index contributed by atoms with van der Waals surface area (Å²) in [6.45, 7) is 6.17. The number of aromatic nitrogens is 2. The average Bonchev–Trinajstić information content (AvgIpc) is 2.69. The van der Waals surface area contributed by atoms with Gasteiger partial charge in [0.1, 0.15) is 5.82 Å². The molecule has 96 valence electrons. The van der Waals surface area contributed by atoms with Crippen molar-refractivity contribution in [3.63, 3.8) is 0 Å². The van der Waals surface area contributed by atoms with Crippen LogP contribution in [-0.2, 0) is 20.0 Å². The fourth-order valence-electron chi connectivity index (χ4n) is 2.24. The van der Waals surface area contributed by atoms with Gasteiger partial charge < -0.3 is 9.88 Å². The third kappa shape index (κ3) is 3.44. The van der Waals surface area contributed by atoms with Gasteiger partial charge in [0.15, 0.2) is 0 Å². The lowest BCUT2D eigenvalue weighted by Crippen LogP contribution is -2.18. The number of aryl methyl sites for hydroxylation is 3. The van der Waals surface area contributed by atoms with Gasteiger partial charge in [0.25, 0.3) is 0 Å². The zero-order chi connectivity index (χ0) is 13.0. The quantitative estimate of drug-likeness (QED) is 0.817. The highest BCUT2D eigenvalue weighted by Crippen LogP contribution is 2.08. The van der Waals surface area contributed by atoms with Gasteiger partial charge in [-0.15, -0.1) is 0 Å². The molecule has 1 aromatic carbocycles. The lowest BCUT2D eigenvalue weighted by atomic mass is 10.1. The van der Waals surface area contributed by atoms with E-state index in [0.29, 0.717) is 0 Å². The van der Waals surface area contributed by atoms with Gasteiger partial charge in [-0.1, -0.05) is 29.3 Å². The molecule has 1 aromatic heterocycles. The van der Waals surface area contributed by atoms with Crippen molar-refractivity contribution in [2.75, 3.05) is 6.54 Å². The molecule has 0 saturated heterocycles. The Bertz CT molecular complexity index is 494. The van der Waals surface area contributed by atoms with E-state index in [4.69, 9.17) is 0 Å². The first-order valence-electron chi connectivity index (χ1n) is 6.39. The number of benzene rings is 1. The van der Waals surface area contributed by atoms with E-state index in [-0.39, 0.29) is 0 Å². The van der Waals surface area contributed by atoms with Crippen LogP contribution in [0.25, 0.3) is 0 Å². The fraction of sp³-hybridized carbons (Fsp3) is 0.400. The second-order valence-corrected chi connectivity index (χ2v) is 4.88. The summed E-state index contributed by atoms with van der Waals surface area (Å²) >= 11 is 0. The summed E-state index contributed by atoms with van der Waals surface area (Å²) in [5.41, 5.74) is 4.01. The van der Waals surface area contributed by atoms with Crippen LogP contribution in [0, 0.1) is 13.8 Å². The predicted octanol–water partition coefficient (Wildman–Crippen LogP) is 2.37. The molecule has 0 fully saturated rings. The van der Waals surface area contributed by atoms with Crippen molar-refractivity contribution in [1.29, 1.82) is 0 Å². The summed E-state index contributed by atoms with van der Waals surface area (Å²) in [7, 11) is 2.03. The van der Waals surface area contributed by atoms with Crippen LogP contribution in [0.15, 0.2) is 30.6 Å². The number of hydrogen-bond acceptors (Lipinski definition) is 2.